The maximum Gasteiger partial charge on any atom is 0.307 e. The second-order valence-corrected chi connectivity index (χ2v) is 5.38. The largest absolute Gasteiger partial charge is 0.481 e. The summed E-state index contributed by atoms with van der Waals surface area (Å²) >= 11 is 0. The van der Waals surface area contributed by atoms with Crippen molar-refractivity contribution < 1.29 is 14.7 Å². The van der Waals surface area contributed by atoms with Gasteiger partial charge in [0.05, 0.1) is 11.8 Å². The molecule has 17 heavy (non-hydrogen) atoms. The van der Waals surface area contributed by atoms with Crippen molar-refractivity contribution in [3.05, 3.63) is 0 Å². The zero-order valence-corrected chi connectivity index (χ0v) is 9.84. The van der Waals surface area contributed by atoms with E-state index in [2.05, 4.69) is 4.90 Å². The van der Waals surface area contributed by atoms with Gasteiger partial charge in [0.2, 0.25) is 5.91 Å². The van der Waals surface area contributed by atoms with Crippen LogP contribution >= 0.6 is 0 Å². The van der Waals surface area contributed by atoms with Gasteiger partial charge in [-0.15, -0.1) is 0 Å². The Balaban J connectivity index is 1.49. The van der Waals surface area contributed by atoms with E-state index in [-0.39, 0.29) is 11.8 Å². The molecule has 1 aliphatic heterocycles. The molecule has 2 aliphatic carbocycles. The first kappa shape index (κ1) is 11.0. The maximum absolute atomic E-state index is 12.0. The second kappa shape index (κ2) is 3.98. The molecule has 94 valence electrons. The number of piperazine rings is 1. The van der Waals surface area contributed by atoms with E-state index >= 15 is 0 Å². The van der Waals surface area contributed by atoms with E-state index in [4.69, 9.17) is 5.11 Å². The van der Waals surface area contributed by atoms with Crippen molar-refractivity contribution in [2.75, 3.05) is 26.2 Å². The fourth-order valence-corrected chi connectivity index (χ4v) is 2.72. The Kier molecular flexibility index (Phi) is 2.58. The highest BCUT2D eigenvalue weighted by molar-refractivity contribution is 5.89. The molecule has 0 unspecified atom stereocenters. The topological polar surface area (TPSA) is 60.9 Å². The maximum atomic E-state index is 12.0. The average Bonchev–Trinajstić information content (AvgIpc) is 3.17. The lowest BCUT2D eigenvalue weighted by atomic mass is 10.2. The van der Waals surface area contributed by atoms with Crippen LogP contribution in [0.1, 0.15) is 19.3 Å². The van der Waals surface area contributed by atoms with Crippen LogP contribution < -0.4 is 0 Å². The van der Waals surface area contributed by atoms with E-state index in [1.165, 1.54) is 12.8 Å². The first-order chi connectivity index (χ1) is 8.16. The van der Waals surface area contributed by atoms with Gasteiger partial charge < -0.3 is 10.0 Å². The Morgan fingerprint density at radius 1 is 1.00 bits per heavy atom. The van der Waals surface area contributed by atoms with Crippen LogP contribution in [-0.2, 0) is 9.59 Å². The first-order valence-electron chi connectivity index (χ1n) is 6.42. The molecular formula is C12H18N2O3. The molecule has 0 spiro atoms. The third-order valence-electron chi connectivity index (χ3n) is 4.11. The van der Waals surface area contributed by atoms with Crippen molar-refractivity contribution in [3.63, 3.8) is 0 Å². The number of nitrogens with zero attached hydrogens (tertiary/aromatic N) is 2. The molecular weight excluding hydrogens is 220 g/mol. The molecule has 0 aromatic rings. The van der Waals surface area contributed by atoms with E-state index < -0.39 is 11.9 Å². The summed E-state index contributed by atoms with van der Waals surface area (Å²) in [4.78, 5) is 27.0. The molecule has 1 saturated heterocycles. The predicted molar refractivity (Wildman–Crippen MR) is 60.4 cm³/mol. The van der Waals surface area contributed by atoms with E-state index in [0.717, 1.165) is 32.2 Å². The molecule has 0 aromatic heterocycles. The van der Waals surface area contributed by atoms with Gasteiger partial charge in [-0.25, -0.2) is 0 Å². The minimum atomic E-state index is -0.819. The summed E-state index contributed by atoms with van der Waals surface area (Å²) in [6.45, 7) is 3.47. The standard InChI is InChI=1S/C12H18N2O3/c15-11(9-7-10(9)12(16)17)14-5-3-13(4-6-14)8-1-2-8/h8-10H,1-7H2,(H,16,17)/t9-,10+/m1/s1. The van der Waals surface area contributed by atoms with Gasteiger partial charge in [-0.1, -0.05) is 0 Å². The summed E-state index contributed by atoms with van der Waals surface area (Å²) in [5.41, 5.74) is 0. The number of carboxylic acid groups (broad SMARTS) is 1. The molecule has 1 amide bonds. The van der Waals surface area contributed by atoms with Crippen LogP contribution in [0.25, 0.3) is 0 Å². The Bertz CT molecular complexity index is 346. The number of rotatable bonds is 3. The number of hydrogen-bond donors (Lipinski definition) is 1. The van der Waals surface area contributed by atoms with Crippen LogP contribution in [0.15, 0.2) is 0 Å². The number of carboxylic acids is 1. The Morgan fingerprint density at radius 3 is 2.12 bits per heavy atom. The summed E-state index contributed by atoms with van der Waals surface area (Å²) < 4.78 is 0. The van der Waals surface area contributed by atoms with Crippen molar-refractivity contribution >= 4 is 11.9 Å². The molecule has 0 bridgehead atoms. The summed E-state index contributed by atoms with van der Waals surface area (Å²) in [6.07, 6.45) is 3.15. The van der Waals surface area contributed by atoms with E-state index in [1.807, 2.05) is 4.90 Å². The highest BCUT2D eigenvalue weighted by atomic mass is 16.4. The van der Waals surface area contributed by atoms with Gasteiger partial charge in [-0.05, 0) is 19.3 Å². The molecule has 1 heterocycles. The van der Waals surface area contributed by atoms with Gasteiger partial charge in [-0.3, -0.25) is 14.5 Å². The summed E-state index contributed by atoms with van der Waals surface area (Å²) in [7, 11) is 0. The molecule has 2 saturated carbocycles. The van der Waals surface area contributed by atoms with Crippen LogP contribution in [0.4, 0.5) is 0 Å². The van der Waals surface area contributed by atoms with E-state index in [0.29, 0.717) is 6.42 Å². The van der Waals surface area contributed by atoms with Gasteiger partial charge >= 0.3 is 5.97 Å². The zero-order chi connectivity index (χ0) is 12.0. The SMILES string of the molecule is O=C(O)[C@H]1C[C@H]1C(=O)N1CCN(C2CC2)CC1. The molecule has 2 atom stereocenters. The van der Waals surface area contributed by atoms with Crippen molar-refractivity contribution in [3.8, 4) is 0 Å². The van der Waals surface area contributed by atoms with E-state index in [9.17, 15) is 9.59 Å². The van der Waals surface area contributed by atoms with Gasteiger partial charge in [-0.2, -0.15) is 0 Å². The molecule has 5 heteroatoms. The van der Waals surface area contributed by atoms with Crippen LogP contribution in [0.2, 0.25) is 0 Å². The van der Waals surface area contributed by atoms with Crippen LogP contribution in [-0.4, -0.2) is 59.0 Å². The summed E-state index contributed by atoms with van der Waals surface area (Å²) in [5.74, 6) is -1.41. The van der Waals surface area contributed by atoms with Crippen LogP contribution in [0.3, 0.4) is 0 Å². The highest BCUT2D eigenvalue weighted by Crippen LogP contribution is 2.40. The number of amides is 1. The van der Waals surface area contributed by atoms with Crippen molar-refractivity contribution in [1.82, 2.24) is 9.80 Å². The molecule has 1 N–H and O–H groups in total. The van der Waals surface area contributed by atoms with Crippen molar-refractivity contribution in [2.45, 2.75) is 25.3 Å². The normalized spacial score (nSPS) is 33.5. The highest BCUT2D eigenvalue weighted by Gasteiger charge is 2.50. The fourth-order valence-electron chi connectivity index (χ4n) is 2.72. The monoisotopic (exact) mass is 238 g/mol. The first-order valence-corrected chi connectivity index (χ1v) is 6.42. The van der Waals surface area contributed by atoms with Crippen LogP contribution in [0, 0.1) is 11.8 Å². The second-order valence-electron chi connectivity index (χ2n) is 5.38. The van der Waals surface area contributed by atoms with Crippen LogP contribution in [0.5, 0.6) is 0 Å². The number of aliphatic carboxylic acids is 1. The predicted octanol–water partition coefficient (Wildman–Crippen LogP) is 0.0137. The summed E-state index contributed by atoms with van der Waals surface area (Å²) in [6, 6.07) is 0.764. The molecule has 0 aromatic carbocycles. The zero-order valence-electron chi connectivity index (χ0n) is 9.84. The van der Waals surface area contributed by atoms with Gasteiger partial charge in [0.25, 0.3) is 0 Å². The molecule has 0 radical (unpaired) electrons. The lowest BCUT2D eigenvalue weighted by molar-refractivity contribution is -0.142. The van der Waals surface area contributed by atoms with Crippen molar-refractivity contribution in [2.24, 2.45) is 11.8 Å². The third-order valence-corrected chi connectivity index (χ3v) is 4.11. The minimum Gasteiger partial charge on any atom is -0.481 e. The number of carbonyl (C=O) groups excluding carboxylic acids is 1. The van der Waals surface area contributed by atoms with E-state index in [1.54, 1.807) is 0 Å². The Morgan fingerprint density at radius 2 is 1.65 bits per heavy atom. The Hall–Kier alpha value is -1.10. The van der Waals surface area contributed by atoms with Crippen molar-refractivity contribution in [1.29, 1.82) is 0 Å². The molecule has 3 aliphatic rings. The third kappa shape index (κ3) is 2.16. The smallest absolute Gasteiger partial charge is 0.307 e. The molecule has 3 fully saturated rings. The van der Waals surface area contributed by atoms with Gasteiger partial charge in [0, 0.05) is 32.2 Å². The quantitative estimate of drug-likeness (QED) is 0.752. The lowest BCUT2D eigenvalue weighted by Crippen LogP contribution is -2.50. The summed E-state index contributed by atoms with van der Waals surface area (Å²) in [5, 5.41) is 8.82. The number of hydrogen-bond acceptors (Lipinski definition) is 3. The lowest BCUT2D eigenvalue weighted by Gasteiger charge is -2.35. The Labute approximate surface area is 100 Å². The fraction of sp³-hybridized carbons (Fsp3) is 0.833. The van der Waals surface area contributed by atoms with Gasteiger partial charge in [0.1, 0.15) is 0 Å². The average molecular weight is 238 g/mol. The molecule has 3 rings (SSSR count). The number of carbonyl (C=O) groups is 2. The van der Waals surface area contributed by atoms with Gasteiger partial charge in [0.15, 0.2) is 0 Å². The minimum absolute atomic E-state index is 0.0628. The molecule has 5 nitrogen and oxygen atoms in total.